The number of ether oxygens (including phenoxy) is 1. The van der Waals surface area contributed by atoms with Crippen molar-refractivity contribution in [1.29, 1.82) is 0 Å². The van der Waals surface area contributed by atoms with E-state index in [2.05, 4.69) is 4.98 Å². The van der Waals surface area contributed by atoms with Crippen LogP contribution in [0.4, 0.5) is 0 Å². The predicted molar refractivity (Wildman–Crippen MR) is 102 cm³/mol. The molecule has 0 fully saturated rings. The van der Waals surface area contributed by atoms with E-state index in [1.165, 1.54) is 4.90 Å². The lowest BCUT2D eigenvalue weighted by Gasteiger charge is -2.15. The van der Waals surface area contributed by atoms with Crippen LogP contribution < -0.4 is 0 Å². The first-order valence-corrected chi connectivity index (χ1v) is 9.19. The van der Waals surface area contributed by atoms with E-state index in [-0.39, 0.29) is 18.9 Å². The van der Waals surface area contributed by atoms with Crippen LogP contribution in [0.3, 0.4) is 0 Å². The first-order valence-electron chi connectivity index (χ1n) is 8.00. The van der Waals surface area contributed by atoms with Crippen molar-refractivity contribution in [2.75, 3.05) is 13.7 Å². The molecule has 2 aromatic carbocycles. The number of esters is 1. The molecule has 0 spiro atoms. The summed E-state index contributed by atoms with van der Waals surface area (Å²) in [4.78, 5) is 30.0. The number of likely N-dealkylation sites (N-methyl/N-ethyl adjacent to an activating group) is 1. The number of rotatable bonds is 6. The second-order valence-corrected chi connectivity index (χ2v) is 7.34. The molecular formula is C19H17ClN2O3S. The fourth-order valence-corrected chi connectivity index (χ4v) is 3.50. The van der Waals surface area contributed by atoms with Crippen molar-refractivity contribution in [2.45, 2.75) is 13.0 Å². The third-order valence-electron chi connectivity index (χ3n) is 3.75. The number of amides is 1. The van der Waals surface area contributed by atoms with E-state index in [1.807, 2.05) is 24.3 Å². The first kappa shape index (κ1) is 18.4. The topological polar surface area (TPSA) is 59.5 Å². The Morgan fingerprint density at radius 1 is 1.15 bits per heavy atom. The lowest BCUT2D eigenvalue weighted by Crippen LogP contribution is -2.31. The summed E-state index contributed by atoms with van der Waals surface area (Å²) in [6, 6.07) is 14.8. The molecule has 0 aliphatic heterocycles. The molecule has 7 heteroatoms. The van der Waals surface area contributed by atoms with Crippen LogP contribution >= 0.6 is 22.9 Å². The van der Waals surface area contributed by atoms with Crippen LogP contribution in [0.1, 0.15) is 10.6 Å². The Balaban J connectivity index is 1.49. The van der Waals surface area contributed by atoms with Gasteiger partial charge in [-0.15, -0.1) is 11.3 Å². The third kappa shape index (κ3) is 4.80. The Morgan fingerprint density at radius 3 is 2.62 bits per heavy atom. The van der Waals surface area contributed by atoms with Crippen molar-refractivity contribution in [3.8, 4) is 0 Å². The van der Waals surface area contributed by atoms with Crippen LogP contribution in [0, 0.1) is 0 Å². The second-order valence-electron chi connectivity index (χ2n) is 5.79. The molecule has 0 saturated carbocycles. The Kier molecular flexibility index (Phi) is 5.85. The number of hydrogen-bond acceptors (Lipinski definition) is 5. The monoisotopic (exact) mass is 388 g/mol. The Hall–Kier alpha value is -2.44. The standard InChI is InChI=1S/C19H17ClN2O3S/c1-22(11-17-21-15-4-2-3-5-16(15)26-17)18(23)12-25-19(24)10-13-6-8-14(20)9-7-13/h2-9H,10-12H2,1H3. The van der Waals surface area contributed by atoms with Crippen molar-refractivity contribution < 1.29 is 14.3 Å². The smallest absolute Gasteiger partial charge is 0.310 e. The van der Waals surface area contributed by atoms with E-state index in [4.69, 9.17) is 16.3 Å². The third-order valence-corrected chi connectivity index (χ3v) is 5.03. The minimum atomic E-state index is -0.450. The molecule has 3 aromatic rings. The minimum absolute atomic E-state index is 0.103. The molecule has 0 aliphatic carbocycles. The lowest BCUT2D eigenvalue weighted by atomic mass is 10.1. The number of halogens is 1. The number of hydrogen-bond donors (Lipinski definition) is 0. The number of fused-ring (bicyclic) bond motifs is 1. The Labute approximate surface area is 160 Å². The van der Waals surface area contributed by atoms with Crippen molar-refractivity contribution in [3.05, 3.63) is 64.1 Å². The Bertz CT molecular complexity index is 891. The minimum Gasteiger partial charge on any atom is -0.455 e. The highest BCUT2D eigenvalue weighted by molar-refractivity contribution is 7.18. The van der Waals surface area contributed by atoms with E-state index in [9.17, 15) is 9.59 Å². The zero-order chi connectivity index (χ0) is 18.5. The van der Waals surface area contributed by atoms with Gasteiger partial charge >= 0.3 is 5.97 Å². The van der Waals surface area contributed by atoms with Gasteiger partial charge in [-0.25, -0.2) is 4.98 Å². The summed E-state index contributed by atoms with van der Waals surface area (Å²) in [5.74, 6) is -0.720. The van der Waals surface area contributed by atoms with Gasteiger partial charge in [0.25, 0.3) is 5.91 Å². The highest BCUT2D eigenvalue weighted by atomic mass is 35.5. The summed E-state index contributed by atoms with van der Waals surface area (Å²) in [6.45, 7) is 0.0979. The number of carbonyl (C=O) groups is 2. The SMILES string of the molecule is CN(Cc1nc2ccccc2s1)C(=O)COC(=O)Cc1ccc(Cl)cc1. The lowest BCUT2D eigenvalue weighted by molar-refractivity contribution is -0.151. The van der Waals surface area contributed by atoms with Crippen LogP contribution in [-0.2, 0) is 27.3 Å². The maximum Gasteiger partial charge on any atom is 0.310 e. The summed E-state index contributed by atoms with van der Waals surface area (Å²) in [5, 5.41) is 1.45. The highest BCUT2D eigenvalue weighted by Gasteiger charge is 2.15. The van der Waals surface area contributed by atoms with Crippen LogP contribution in [0.15, 0.2) is 48.5 Å². The molecule has 0 bridgehead atoms. The normalized spacial score (nSPS) is 10.7. The van der Waals surface area contributed by atoms with E-state index in [1.54, 1.807) is 42.6 Å². The van der Waals surface area contributed by atoms with E-state index < -0.39 is 5.97 Å². The second kappa shape index (κ2) is 8.29. The van der Waals surface area contributed by atoms with Crippen LogP contribution in [0.5, 0.6) is 0 Å². The van der Waals surface area contributed by atoms with Gasteiger partial charge in [-0.1, -0.05) is 35.9 Å². The van der Waals surface area contributed by atoms with Crippen LogP contribution in [0.2, 0.25) is 5.02 Å². The molecule has 1 heterocycles. The zero-order valence-electron chi connectivity index (χ0n) is 14.1. The Morgan fingerprint density at radius 2 is 1.88 bits per heavy atom. The predicted octanol–water partition coefficient (Wildman–Crippen LogP) is 3.69. The summed E-state index contributed by atoms with van der Waals surface area (Å²) >= 11 is 7.35. The number of benzene rings is 2. The van der Waals surface area contributed by atoms with E-state index in [0.717, 1.165) is 20.8 Å². The van der Waals surface area contributed by atoms with Gasteiger partial charge in [0.1, 0.15) is 5.01 Å². The highest BCUT2D eigenvalue weighted by Crippen LogP contribution is 2.22. The number of nitrogens with zero attached hydrogens (tertiary/aromatic N) is 2. The molecule has 0 unspecified atom stereocenters. The number of para-hydroxylation sites is 1. The zero-order valence-corrected chi connectivity index (χ0v) is 15.7. The van der Waals surface area contributed by atoms with Gasteiger partial charge in [-0.2, -0.15) is 0 Å². The van der Waals surface area contributed by atoms with Crippen molar-refractivity contribution in [1.82, 2.24) is 9.88 Å². The van der Waals surface area contributed by atoms with Crippen molar-refractivity contribution in [3.63, 3.8) is 0 Å². The van der Waals surface area contributed by atoms with Gasteiger partial charge in [-0.3, -0.25) is 9.59 Å². The molecular weight excluding hydrogens is 372 g/mol. The van der Waals surface area contributed by atoms with Gasteiger partial charge < -0.3 is 9.64 Å². The molecule has 1 amide bonds. The average Bonchev–Trinajstić information content (AvgIpc) is 3.03. The molecule has 1 aromatic heterocycles. The quantitative estimate of drug-likeness (QED) is 0.604. The molecule has 134 valence electrons. The van der Waals surface area contributed by atoms with Gasteiger partial charge in [-0.05, 0) is 29.8 Å². The van der Waals surface area contributed by atoms with Crippen LogP contribution in [-0.4, -0.2) is 35.4 Å². The van der Waals surface area contributed by atoms with Gasteiger partial charge in [0.05, 0.1) is 23.2 Å². The fraction of sp³-hybridized carbons (Fsp3) is 0.211. The maximum atomic E-state index is 12.2. The fourth-order valence-electron chi connectivity index (χ4n) is 2.35. The summed E-state index contributed by atoms with van der Waals surface area (Å²) in [5.41, 5.74) is 1.71. The van der Waals surface area contributed by atoms with Crippen molar-refractivity contribution in [2.24, 2.45) is 0 Å². The molecule has 0 radical (unpaired) electrons. The molecule has 0 saturated heterocycles. The number of carbonyl (C=O) groups excluding carboxylic acids is 2. The van der Waals surface area contributed by atoms with Gasteiger partial charge in [0.2, 0.25) is 0 Å². The molecule has 5 nitrogen and oxygen atoms in total. The molecule has 0 N–H and O–H groups in total. The van der Waals surface area contributed by atoms with E-state index in [0.29, 0.717) is 11.6 Å². The van der Waals surface area contributed by atoms with Gasteiger partial charge in [0.15, 0.2) is 6.61 Å². The maximum absolute atomic E-state index is 12.2. The van der Waals surface area contributed by atoms with Crippen molar-refractivity contribution >= 4 is 45.0 Å². The average molecular weight is 389 g/mol. The first-order chi connectivity index (χ1) is 12.5. The molecule has 26 heavy (non-hydrogen) atoms. The van der Waals surface area contributed by atoms with Crippen LogP contribution in [0.25, 0.3) is 10.2 Å². The largest absolute Gasteiger partial charge is 0.455 e. The van der Waals surface area contributed by atoms with Gasteiger partial charge in [0, 0.05) is 12.1 Å². The summed E-state index contributed by atoms with van der Waals surface area (Å²) < 4.78 is 6.16. The molecule has 0 aliphatic rings. The molecule has 3 rings (SSSR count). The number of thiazole rings is 1. The van der Waals surface area contributed by atoms with E-state index >= 15 is 0 Å². The summed E-state index contributed by atoms with van der Waals surface area (Å²) in [6.07, 6.45) is 0.103. The summed E-state index contributed by atoms with van der Waals surface area (Å²) in [7, 11) is 1.67. The molecule has 0 atom stereocenters. The number of aromatic nitrogens is 1.